The lowest BCUT2D eigenvalue weighted by Gasteiger charge is -2.38. The highest BCUT2D eigenvalue weighted by atomic mass is 16.5. The van der Waals surface area contributed by atoms with E-state index in [0.717, 1.165) is 44.8 Å². The fourth-order valence-electron chi connectivity index (χ4n) is 2.92. The number of piperazine rings is 1. The fraction of sp³-hybridized carbons (Fsp3) is 0.588. The molecule has 1 heterocycles. The standard InChI is InChI=1S/C17H25N3O2/c1-13(14-4-3-5-16(12-14)22-2)19-8-10-20(11-9-19)17(21)18-15-6-7-15/h3-5,12-13,15H,6-11H2,1-2H3,(H,18,21)/t13-/m1/s1. The summed E-state index contributed by atoms with van der Waals surface area (Å²) < 4.78 is 5.30. The molecular formula is C17H25N3O2. The molecule has 2 aliphatic rings. The van der Waals surface area contributed by atoms with Crippen LogP contribution in [0.15, 0.2) is 24.3 Å². The molecule has 5 nitrogen and oxygen atoms in total. The Morgan fingerprint density at radius 3 is 2.64 bits per heavy atom. The Morgan fingerprint density at radius 1 is 1.27 bits per heavy atom. The fourth-order valence-corrected chi connectivity index (χ4v) is 2.92. The normalized spacial score (nSPS) is 20.5. The van der Waals surface area contributed by atoms with Gasteiger partial charge in [-0.25, -0.2) is 4.79 Å². The van der Waals surface area contributed by atoms with Gasteiger partial charge in [-0.05, 0) is 37.5 Å². The van der Waals surface area contributed by atoms with Gasteiger partial charge >= 0.3 is 6.03 Å². The highest BCUT2D eigenvalue weighted by molar-refractivity contribution is 5.75. The topological polar surface area (TPSA) is 44.8 Å². The second-order valence-electron chi connectivity index (χ2n) is 6.20. The van der Waals surface area contributed by atoms with Crippen LogP contribution in [0.4, 0.5) is 4.79 Å². The molecule has 1 atom stereocenters. The zero-order chi connectivity index (χ0) is 15.5. The predicted molar refractivity (Wildman–Crippen MR) is 86.1 cm³/mol. The van der Waals surface area contributed by atoms with E-state index in [1.165, 1.54) is 5.56 Å². The maximum Gasteiger partial charge on any atom is 0.317 e. The Labute approximate surface area is 132 Å². The van der Waals surface area contributed by atoms with Crippen LogP contribution in [0, 0.1) is 0 Å². The Bertz CT molecular complexity index is 522. The highest BCUT2D eigenvalue weighted by Gasteiger charge is 2.29. The van der Waals surface area contributed by atoms with Gasteiger partial charge in [0.1, 0.15) is 5.75 Å². The zero-order valence-electron chi connectivity index (χ0n) is 13.4. The van der Waals surface area contributed by atoms with Crippen molar-refractivity contribution < 1.29 is 9.53 Å². The Morgan fingerprint density at radius 2 is 2.00 bits per heavy atom. The van der Waals surface area contributed by atoms with Gasteiger partial charge in [-0.3, -0.25) is 4.90 Å². The molecule has 1 saturated carbocycles. The molecule has 1 aliphatic carbocycles. The summed E-state index contributed by atoms with van der Waals surface area (Å²) in [5.41, 5.74) is 1.26. The summed E-state index contributed by atoms with van der Waals surface area (Å²) in [6.07, 6.45) is 2.27. The summed E-state index contributed by atoms with van der Waals surface area (Å²) in [6, 6.07) is 9.11. The van der Waals surface area contributed by atoms with Crippen LogP contribution >= 0.6 is 0 Å². The first-order chi connectivity index (χ1) is 10.7. The largest absolute Gasteiger partial charge is 0.497 e. The highest BCUT2D eigenvalue weighted by Crippen LogP contribution is 2.25. The van der Waals surface area contributed by atoms with Crippen molar-refractivity contribution >= 4 is 6.03 Å². The molecule has 1 aliphatic heterocycles. The molecule has 3 rings (SSSR count). The van der Waals surface area contributed by atoms with Crippen LogP contribution in [0.2, 0.25) is 0 Å². The summed E-state index contributed by atoms with van der Waals surface area (Å²) in [5, 5.41) is 3.07. The van der Waals surface area contributed by atoms with Crippen LogP contribution in [-0.2, 0) is 0 Å². The van der Waals surface area contributed by atoms with Gasteiger partial charge in [0, 0.05) is 38.3 Å². The zero-order valence-corrected chi connectivity index (χ0v) is 13.4. The Balaban J connectivity index is 1.54. The second kappa shape index (κ2) is 6.57. The number of carbonyl (C=O) groups is 1. The molecule has 120 valence electrons. The quantitative estimate of drug-likeness (QED) is 0.928. The number of hydrogen-bond donors (Lipinski definition) is 1. The van der Waals surface area contributed by atoms with Crippen molar-refractivity contribution in [3.63, 3.8) is 0 Å². The van der Waals surface area contributed by atoms with Gasteiger partial charge in [-0.15, -0.1) is 0 Å². The van der Waals surface area contributed by atoms with E-state index >= 15 is 0 Å². The summed E-state index contributed by atoms with van der Waals surface area (Å²) >= 11 is 0. The van der Waals surface area contributed by atoms with E-state index in [2.05, 4.69) is 29.3 Å². The average Bonchev–Trinajstić information content (AvgIpc) is 3.38. The maximum atomic E-state index is 12.1. The van der Waals surface area contributed by atoms with Crippen molar-refractivity contribution in [2.24, 2.45) is 0 Å². The minimum absolute atomic E-state index is 0.108. The van der Waals surface area contributed by atoms with Crippen LogP contribution in [0.1, 0.15) is 31.4 Å². The summed E-state index contributed by atoms with van der Waals surface area (Å²) in [7, 11) is 1.70. The minimum Gasteiger partial charge on any atom is -0.497 e. The van der Waals surface area contributed by atoms with E-state index in [1.807, 2.05) is 17.0 Å². The lowest BCUT2D eigenvalue weighted by atomic mass is 10.1. The Hall–Kier alpha value is -1.75. The monoisotopic (exact) mass is 303 g/mol. The van der Waals surface area contributed by atoms with E-state index in [4.69, 9.17) is 4.74 Å². The van der Waals surface area contributed by atoms with Crippen LogP contribution in [0.3, 0.4) is 0 Å². The van der Waals surface area contributed by atoms with Crippen LogP contribution in [0.5, 0.6) is 5.75 Å². The average molecular weight is 303 g/mol. The first-order valence-electron chi connectivity index (χ1n) is 8.11. The molecule has 1 aromatic carbocycles. The third kappa shape index (κ3) is 3.53. The number of urea groups is 1. The van der Waals surface area contributed by atoms with Crippen molar-refractivity contribution in [2.75, 3.05) is 33.3 Å². The smallest absolute Gasteiger partial charge is 0.317 e. The van der Waals surface area contributed by atoms with Crippen molar-refractivity contribution in [1.29, 1.82) is 0 Å². The molecule has 1 aromatic rings. The van der Waals surface area contributed by atoms with Gasteiger partial charge in [0.2, 0.25) is 0 Å². The molecule has 0 unspecified atom stereocenters. The molecule has 5 heteroatoms. The van der Waals surface area contributed by atoms with Crippen molar-refractivity contribution in [2.45, 2.75) is 31.8 Å². The van der Waals surface area contributed by atoms with E-state index in [-0.39, 0.29) is 6.03 Å². The Kier molecular flexibility index (Phi) is 4.52. The van der Waals surface area contributed by atoms with E-state index in [9.17, 15) is 4.79 Å². The minimum atomic E-state index is 0.108. The molecule has 2 amide bonds. The maximum absolute atomic E-state index is 12.1. The molecule has 0 aromatic heterocycles. The molecule has 2 fully saturated rings. The number of carbonyl (C=O) groups excluding carboxylic acids is 1. The van der Waals surface area contributed by atoms with Gasteiger partial charge < -0.3 is 15.0 Å². The number of benzene rings is 1. The van der Waals surface area contributed by atoms with Crippen molar-refractivity contribution in [1.82, 2.24) is 15.1 Å². The van der Waals surface area contributed by atoms with Gasteiger partial charge in [0.05, 0.1) is 7.11 Å². The van der Waals surface area contributed by atoms with Gasteiger partial charge in [-0.1, -0.05) is 12.1 Å². The molecule has 1 saturated heterocycles. The van der Waals surface area contributed by atoms with Gasteiger partial charge in [-0.2, -0.15) is 0 Å². The lowest BCUT2D eigenvalue weighted by Crippen LogP contribution is -2.52. The van der Waals surface area contributed by atoms with Gasteiger partial charge in [0.25, 0.3) is 0 Å². The second-order valence-corrected chi connectivity index (χ2v) is 6.20. The summed E-state index contributed by atoms with van der Waals surface area (Å²) in [6.45, 7) is 5.64. The lowest BCUT2D eigenvalue weighted by molar-refractivity contribution is 0.113. The van der Waals surface area contributed by atoms with E-state index < -0.39 is 0 Å². The number of nitrogens with zero attached hydrogens (tertiary/aromatic N) is 2. The van der Waals surface area contributed by atoms with E-state index in [1.54, 1.807) is 7.11 Å². The molecule has 0 spiro atoms. The SMILES string of the molecule is COc1cccc([C@@H](C)N2CCN(C(=O)NC3CC3)CC2)c1. The number of nitrogens with one attached hydrogen (secondary N) is 1. The van der Waals surface area contributed by atoms with Crippen molar-refractivity contribution in [3.05, 3.63) is 29.8 Å². The third-order valence-electron chi connectivity index (χ3n) is 4.63. The summed E-state index contributed by atoms with van der Waals surface area (Å²) in [4.78, 5) is 16.4. The third-order valence-corrected chi connectivity index (χ3v) is 4.63. The number of hydrogen-bond acceptors (Lipinski definition) is 3. The molecular weight excluding hydrogens is 278 g/mol. The molecule has 0 radical (unpaired) electrons. The number of ether oxygens (including phenoxy) is 1. The van der Waals surface area contributed by atoms with E-state index in [0.29, 0.717) is 12.1 Å². The molecule has 22 heavy (non-hydrogen) atoms. The first kappa shape index (κ1) is 15.2. The van der Waals surface area contributed by atoms with Crippen LogP contribution in [0.25, 0.3) is 0 Å². The molecule has 0 bridgehead atoms. The van der Waals surface area contributed by atoms with Gasteiger partial charge in [0.15, 0.2) is 0 Å². The number of methoxy groups -OCH3 is 1. The number of rotatable bonds is 4. The van der Waals surface area contributed by atoms with Crippen LogP contribution < -0.4 is 10.1 Å². The van der Waals surface area contributed by atoms with Crippen LogP contribution in [-0.4, -0.2) is 55.2 Å². The predicted octanol–water partition coefficient (Wildman–Crippen LogP) is 2.25. The summed E-state index contributed by atoms with van der Waals surface area (Å²) in [5.74, 6) is 0.895. The van der Waals surface area contributed by atoms with Crippen molar-refractivity contribution in [3.8, 4) is 5.75 Å². The molecule has 1 N–H and O–H groups in total. The first-order valence-corrected chi connectivity index (χ1v) is 8.11. The number of amides is 2.